The predicted molar refractivity (Wildman–Crippen MR) is 122 cm³/mol. The Hall–Kier alpha value is -0.940. The maximum atomic E-state index is 4.60. The molecule has 0 aromatic carbocycles. The number of nitrogens with zero attached hydrogens (tertiary/aromatic N) is 5. The molecule has 6 nitrogen and oxygen atoms in total. The number of guanidine groups is 1. The second-order valence-electron chi connectivity index (χ2n) is 5.94. The lowest BCUT2D eigenvalue weighted by molar-refractivity contribution is 0.372. The van der Waals surface area contributed by atoms with Crippen molar-refractivity contribution in [2.45, 2.75) is 33.2 Å². The maximum absolute atomic E-state index is 4.60. The summed E-state index contributed by atoms with van der Waals surface area (Å²) < 4.78 is 4.39. The number of piperazine rings is 1. The van der Waals surface area contributed by atoms with Crippen LogP contribution < -0.4 is 10.2 Å². The summed E-state index contributed by atoms with van der Waals surface area (Å²) in [5.41, 5.74) is 0. The molecule has 1 aliphatic rings. The standard InChI is InChI=1S/C17H26N6S2.HI/c1-4-13-6-7-14(24-13)12-19-16(18-3)22-8-10-23(11-9-22)17-20-15(5-2)21-25-17;/h6-7H,4-5,8-12H2,1-3H3,(H,18,19);1H. The zero-order valence-corrected chi connectivity index (χ0v) is 19.5. The van der Waals surface area contributed by atoms with Gasteiger partial charge in [-0.2, -0.15) is 4.37 Å². The summed E-state index contributed by atoms with van der Waals surface area (Å²) in [6.45, 7) is 8.94. The zero-order chi connectivity index (χ0) is 17.6. The van der Waals surface area contributed by atoms with Crippen molar-refractivity contribution in [2.24, 2.45) is 4.99 Å². The molecule has 0 radical (unpaired) electrons. The summed E-state index contributed by atoms with van der Waals surface area (Å²) in [5, 5.41) is 4.55. The Labute approximate surface area is 180 Å². The van der Waals surface area contributed by atoms with Crippen LogP contribution in [0.2, 0.25) is 0 Å². The maximum Gasteiger partial charge on any atom is 0.205 e. The van der Waals surface area contributed by atoms with Gasteiger partial charge in [0.25, 0.3) is 0 Å². The largest absolute Gasteiger partial charge is 0.351 e. The fraction of sp³-hybridized carbons (Fsp3) is 0.588. The minimum absolute atomic E-state index is 0. The highest BCUT2D eigenvalue weighted by molar-refractivity contribution is 14.0. The van der Waals surface area contributed by atoms with Crippen LogP contribution in [0.1, 0.15) is 29.4 Å². The van der Waals surface area contributed by atoms with Gasteiger partial charge < -0.3 is 15.1 Å². The van der Waals surface area contributed by atoms with Gasteiger partial charge in [0, 0.05) is 60.9 Å². The van der Waals surface area contributed by atoms with E-state index >= 15 is 0 Å². The summed E-state index contributed by atoms with van der Waals surface area (Å²) in [4.78, 5) is 16.5. The van der Waals surface area contributed by atoms with Gasteiger partial charge in [-0.15, -0.1) is 35.3 Å². The molecule has 0 saturated carbocycles. The van der Waals surface area contributed by atoms with E-state index in [0.29, 0.717) is 0 Å². The monoisotopic (exact) mass is 506 g/mol. The Morgan fingerprint density at radius 2 is 1.88 bits per heavy atom. The molecule has 9 heteroatoms. The number of hydrogen-bond acceptors (Lipinski definition) is 6. The highest BCUT2D eigenvalue weighted by Gasteiger charge is 2.22. The molecule has 3 heterocycles. The second-order valence-corrected chi connectivity index (χ2v) is 7.93. The van der Waals surface area contributed by atoms with Crippen LogP contribution in [0.4, 0.5) is 5.13 Å². The first-order valence-corrected chi connectivity index (χ1v) is 10.4. The summed E-state index contributed by atoms with van der Waals surface area (Å²) in [5.74, 6) is 1.93. The Morgan fingerprint density at radius 1 is 1.15 bits per heavy atom. The quantitative estimate of drug-likeness (QED) is 0.384. The smallest absolute Gasteiger partial charge is 0.205 e. The molecule has 1 N–H and O–H groups in total. The molecule has 0 spiro atoms. The van der Waals surface area contributed by atoms with Crippen LogP contribution >= 0.6 is 46.8 Å². The van der Waals surface area contributed by atoms with Gasteiger partial charge >= 0.3 is 0 Å². The third-order valence-corrected chi connectivity index (χ3v) is 6.37. The molecule has 1 fully saturated rings. The fourth-order valence-electron chi connectivity index (χ4n) is 2.83. The van der Waals surface area contributed by atoms with Crippen LogP contribution in [0.5, 0.6) is 0 Å². The van der Waals surface area contributed by atoms with E-state index in [4.69, 9.17) is 0 Å². The number of rotatable bonds is 5. The lowest BCUT2D eigenvalue weighted by Gasteiger charge is -2.36. The van der Waals surface area contributed by atoms with Gasteiger partial charge in [0.15, 0.2) is 5.96 Å². The van der Waals surface area contributed by atoms with Crippen LogP contribution in [0, 0.1) is 0 Å². The van der Waals surface area contributed by atoms with Crippen molar-refractivity contribution >= 4 is 57.9 Å². The van der Waals surface area contributed by atoms with Gasteiger partial charge in [-0.1, -0.05) is 13.8 Å². The molecular formula is C17H27IN6S2. The van der Waals surface area contributed by atoms with E-state index in [-0.39, 0.29) is 24.0 Å². The van der Waals surface area contributed by atoms with Crippen molar-refractivity contribution in [2.75, 3.05) is 38.1 Å². The van der Waals surface area contributed by atoms with Crippen LogP contribution in [-0.2, 0) is 19.4 Å². The molecule has 3 rings (SSSR count). The Balaban J connectivity index is 0.00000243. The van der Waals surface area contributed by atoms with Gasteiger partial charge in [0.05, 0.1) is 6.54 Å². The van der Waals surface area contributed by atoms with Crippen LogP contribution in [0.15, 0.2) is 17.1 Å². The normalized spacial score (nSPS) is 15.1. The molecule has 2 aromatic rings. The Bertz CT molecular complexity index is 706. The number of anilines is 1. The van der Waals surface area contributed by atoms with Crippen molar-refractivity contribution in [1.82, 2.24) is 19.6 Å². The van der Waals surface area contributed by atoms with Gasteiger partial charge in [0.2, 0.25) is 5.13 Å². The highest BCUT2D eigenvalue weighted by atomic mass is 127. The first-order valence-electron chi connectivity index (χ1n) is 8.84. The van der Waals surface area contributed by atoms with E-state index in [1.54, 1.807) is 0 Å². The number of aliphatic imine (C=N–C) groups is 1. The number of hydrogen-bond donors (Lipinski definition) is 1. The van der Waals surface area contributed by atoms with Crippen molar-refractivity contribution in [3.8, 4) is 0 Å². The molecule has 0 atom stereocenters. The Kier molecular flexibility index (Phi) is 8.55. The Morgan fingerprint density at radius 3 is 2.46 bits per heavy atom. The lowest BCUT2D eigenvalue weighted by Crippen LogP contribution is -2.52. The van der Waals surface area contributed by atoms with E-state index in [0.717, 1.165) is 62.5 Å². The third-order valence-electron chi connectivity index (χ3n) is 4.32. The SMILES string of the molecule is CCc1nsc(N2CCN(C(=NC)NCc3ccc(CC)s3)CC2)n1.I. The molecule has 1 aliphatic heterocycles. The molecule has 0 aliphatic carbocycles. The van der Waals surface area contributed by atoms with Crippen molar-refractivity contribution < 1.29 is 0 Å². The van der Waals surface area contributed by atoms with Crippen molar-refractivity contribution in [1.29, 1.82) is 0 Å². The lowest BCUT2D eigenvalue weighted by atomic mass is 10.3. The molecule has 0 bridgehead atoms. The minimum atomic E-state index is 0. The average Bonchev–Trinajstić information content (AvgIpc) is 3.32. The number of aryl methyl sites for hydroxylation is 2. The molecule has 1 saturated heterocycles. The molecule has 144 valence electrons. The first-order chi connectivity index (χ1) is 12.2. The number of aromatic nitrogens is 2. The summed E-state index contributed by atoms with van der Waals surface area (Å²) in [6.07, 6.45) is 2.00. The zero-order valence-electron chi connectivity index (χ0n) is 15.6. The van der Waals surface area contributed by atoms with Crippen LogP contribution in [0.3, 0.4) is 0 Å². The topological polar surface area (TPSA) is 56.7 Å². The van der Waals surface area contributed by atoms with E-state index < -0.39 is 0 Å². The number of nitrogens with one attached hydrogen (secondary N) is 1. The molecule has 0 amide bonds. The summed E-state index contributed by atoms with van der Waals surface area (Å²) >= 11 is 3.39. The number of thiophene rings is 1. The van der Waals surface area contributed by atoms with Crippen LogP contribution in [-0.4, -0.2) is 53.4 Å². The van der Waals surface area contributed by atoms with Gasteiger partial charge in [0.1, 0.15) is 5.82 Å². The van der Waals surface area contributed by atoms with E-state index in [9.17, 15) is 0 Å². The average molecular weight is 506 g/mol. The van der Waals surface area contributed by atoms with Crippen LogP contribution in [0.25, 0.3) is 0 Å². The highest BCUT2D eigenvalue weighted by Crippen LogP contribution is 2.20. The number of halogens is 1. The summed E-state index contributed by atoms with van der Waals surface area (Å²) in [6, 6.07) is 4.43. The van der Waals surface area contributed by atoms with Crippen molar-refractivity contribution in [3.63, 3.8) is 0 Å². The fourth-order valence-corrected chi connectivity index (χ4v) is 4.53. The van der Waals surface area contributed by atoms with E-state index in [1.165, 1.54) is 21.3 Å². The molecular weight excluding hydrogens is 479 g/mol. The van der Waals surface area contributed by atoms with E-state index in [1.807, 2.05) is 18.4 Å². The molecule has 0 unspecified atom stereocenters. The summed E-state index contributed by atoms with van der Waals surface area (Å²) in [7, 11) is 1.86. The first kappa shape index (κ1) is 21.4. The van der Waals surface area contributed by atoms with Crippen molar-refractivity contribution in [3.05, 3.63) is 27.7 Å². The second kappa shape index (κ2) is 10.4. The van der Waals surface area contributed by atoms with Gasteiger partial charge in [-0.25, -0.2) is 4.98 Å². The van der Waals surface area contributed by atoms with Gasteiger partial charge in [-0.05, 0) is 18.6 Å². The minimum Gasteiger partial charge on any atom is -0.351 e. The third kappa shape index (κ3) is 5.29. The predicted octanol–water partition coefficient (Wildman–Crippen LogP) is 3.24. The molecule has 26 heavy (non-hydrogen) atoms. The van der Waals surface area contributed by atoms with E-state index in [2.05, 4.69) is 55.4 Å². The van der Waals surface area contributed by atoms with Gasteiger partial charge in [-0.3, -0.25) is 4.99 Å². The molecule has 2 aromatic heterocycles.